The van der Waals surface area contributed by atoms with Gasteiger partial charge < -0.3 is 4.74 Å². The number of nitrogens with zero attached hydrogens (tertiary/aromatic N) is 2. The molecular formula is C21H23N4O2S+. The highest BCUT2D eigenvalue weighted by Gasteiger charge is 2.26. The van der Waals surface area contributed by atoms with E-state index >= 15 is 0 Å². The average molecular weight is 396 g/mol. The predicted octanol–water partition coefficient (Wildman–Crippen LogP) is 3.28. The summed E-state index contributed by atoms with van der Waals surface area (Å²) in [5.74, 6) is 0.649. The standard InChI is InChI=1S/C21H22N4O2S/c1-2-15-5-7-16(8-6-15)18-14-28-21(23-18)24-20(26)17-4-3-9-22-19(17)25-10-12-27-13-11-25/h3-9,14H,2,10-13H2,1H3,(H,23,24,26)/p+1. The fourth-order valence-corrected chi connectivity index (χ4v) is 3.91. The number of hydrogen-bond donors (Lipinski definition) is 1. The number of carbonyl (C=O) groups is 1. The molecule has 1 aliphatic heterocycles. The van der Waals surface area contributed by atoms with Crippen LogP contribution in [0.2, 0.25) is 0 Å². The Labute approximate surface area is 168 Å². The van der Waals surface area contributed by atoms with Crippen LogP contribution < -0.4 is 15.2 Å². The zero-order valence-corrected chi connectivity index (χ0v) is 16.6. The van der Waals surface area contributed by atoms with Gasteiger partial charge in [-0.25, -0.2) is 9.97 Å². The summed E-state index contributed by atoms with van der Waals surface area (Å²) in [5.41, 5.74) is 3.82. The maximum atomic E-state index is 12.9. The molecule has 2 aromatic heterocycles. The number of amides is 1. The average Bonchev–Trinajstić information content (AvgIpc) is 3.23. The van der Waals surface area contributed by atoms with Gasteiger partial charge >= 0.3 is 0 Å². The molecule has 3 heterocycles. The van der Waals surface area contributed by atoms with E-state index in [0.29, 0.717) is 23.9 Å². The molecule has 0 spiro atoms. The highest BCUT2D eigenvalue weighted by Crippen LogP contribution is 2.26. The molecule has 1 fully saturated rings. The molecule has 3 aromatic rings. The lowest BCUT2D eigenvalue weighted by atomic mass is 10.1. The summed E-state index contributed by atoms with van der Waals surface area (Å²) in [6.45, 7) is 4.98. The van der Waals surface area contributed by atoms with Crippen molar-refractivity contribution in [3.8, 4) is 11.3 Å². The summed E-state index contributed by atoms with van der Waals surface area (Å²) < 4.78 is 5.41. The Morgan fingerprint density at radius 3 is 2.79 bits per heavy atom. The third kappa shape index (κ3) is 4.05. The van der Waals surface area contributed by atoms with E-state index in [1.807, 2.05) is 23.7 Å². The van der Waals surface area contributed by atoms with Crippen molar-refractivity contribution in [2.24, 2.45) is 0 Å². The number of ether oxygens (including phenoxy) is 1. The molecule has 0 saturated carbocycles. The van der Waals surface area contributed by atoms with Crippen molar-refractivity contribution in [2.75, 3.05) is 36.5 Å². The van der Waals surface area contributed by atoms with E-state index in [1.165, 1.54) is 16.9 Å². The minimum Gasteiger partial charge on any atom is -0.373 e. The Morgan fingerprint density at radius 1 is 1.25 bits per heavy atom. The molecule has 1 aliphatic rings. The normalized spacial score (nSPS) is 14.1. The first-order valence-electron chi connectivity index (χ1n) is 9.44. The molecule has 0 bridgehead atoms. The second-order valence-corrected chi connectivity index (χ2v) is 7.43. The highest BCUT2D eigenvalue weighted by atomic mass is 32.1. The summed E-state index contributed by atoms with van der Waals surface area (Å²) >= 11 is 1.43. The number of aryl methyl sites for hydroxylation is 1. The molecule has 2 N–H and O–H groups in total. The van der Waals surface area contributed by atoms with Gasteiger partial charge in [0.1, 0.15) is 18.7 Å². The lowest BCUT2D eigenvalue weighted by Crippen LogP contribution is -2.40. The molecule has 1 amide bonds. The van der Waals surface area contributed by atoms with Gasteiger partial charge in [0.15, 0.2) is 5.13 Å². The molecule has 6 nitrogen and oxygen atoms in total. The SMILES string of the molecule is CCc1ccc(-c2csc(NC(=O)c3ccc[nH+]c3N3CCOCC3)n2)cc1. The maximum absolute atomic E-state index is 12.9. The number of H-pyrrole nitrogens is 1. The fraction of sp³-hybridized carbons (Fsp3) is 0.286. The monoisotopic (exact) mass is 395 g/mol. The van der Waals surface area contributed by atoms with Gasteiger partial charge in [0.25, 0.3) is 11.7 Å². The Hall–Kier alpha value is -2.77. The first kappa shape index (κ1) is 18.6. The van der Waals surface area contributed by atoms with Crippen LogP contribution in [-0.2, 0) is 11.2 Å². The molecule has 7 heteroatoms. The van der Waals surface area contributed by atoms with Gasteiger partial charge in [-0.1, -0.05) is 31.2 Å². The van der Waals surface area contributed by atoms with E-state index in [4.69, 9.17) is 4.74 Å². The van der Waals surface area contributed by atoms with E-state index in [-0.39, 0.29) is 5.91 Å². The third-order valence-electron chi connectivity index (χ3n) is 4.79. The number of carbonyl (C=O) groups excluding carboxylic acids is 1. The first-order valence-corrected chi connectivity index (χ1v) is 10.3. The van der Waals surface area contributed by atoms with Crippen LogP contribution in [0, 0.1) is 0 Å². The molecular weight excluding hydrogens is 372 g/mol. The number of anilines is 2. The Balaban J connectivity index is 1.51. The van der Waals surface area contributed by atoms with Crippen LogP contribution in [0.4, 0.5) is 10.9 Å². The van der Waals surface area contributed by atoms with Gasteiger partial charge in [0, 0.05) is 10.9 Å². The van der Waals surface area contributed by atoms with Gasteiger partial charge in [-0.15, -0.1) is 11.3 Å². The summed E-state index contributed by atoms with van der Waals surface area (Å²) in [7, 11) is 0. The summed E-state index contributed by atoms with van der Waals surface area (Å²) in [6, 6.07) is 12.0. The number of hydrogen-bond acceptors (Lipinski definition) is 5. The number of pyridine rings is 1. The van der Waals surface area contributed by atoms with Crippen LogP contribution in [-0.4, -0.2) is 37.2 Å². The van der Waals surface area contributed by atoms with Crippen molar-refractivity contribution < 1.29 is 14.5 Å². The highest BCUT2D eigenvalue weighted by molar-refractivity contribution is 7.14. The van der Waals surface area contributed by atoms with E-state index in [1.54, 1.807) is 0 Å². The Morgan fingerprint density at radius 2 is 2.04 bits per heavy atom. The van der Waals surface area contributed by atoms with Crippen LogP contribution in [0.15, 0.2) is 48.0 Å². The van der Waals surface area contributed by atoms with Crippen LogP contribution in [0.1, 0.15) is 22.8 Å². The summed E-state index contributed by atoms with van der Waals surface area (Å²) in [6.07, 6.45) is 2.85. The molecule has 1 aromatic carbocycles. The number of aromatic amines is 1. The molecule has 1 saturated heterocycles. The fourth-order valence-electron chi connectivity index (χ4n) is 3.20. The molecule has 0 radical (unpaired) electrons. The number of rotatable bonds is 5. The largest absolute Gasteiger partial charge is 0.373 e. The van der Waals surface area contributed by atoms with Crippen molar-refractivity contribution in [1.29, 1.82) is 0 Å². The van der Waals surface area contributed by atoms with Gasteiger partial charge in [0.2, 0.25) is 0 Å². The van der Waals surface area contributed by atoms with Crippen molar-refractivity contribution >= 4 is 28.2 Å². The second-order valence-electron chi connectivity index (χ2n) is 6.57. The van der Waals surface area contributed by atoms with Gasteiger partial charge in [-0.3, -0.25) is 15.0 Å². The van der Waals surface area contributed by atoms with Crippen LogP contribution >= 0.6 is 11.3 Å². The number of morpholine rings is 1. The summed E-state index contributed by atoms with van der Waals surface area (Å²) in [5, 5.41) is 5.50. The number of thiazole rings is 1. The lowest BCUT2D eigenvalue weighted by Gasteiger charge is -2.22. The second kappa shape index (κ2) is 8.50. The van der Waals surface area contributed by atoms with Gasteiger partial charge in [-0.05, 0) is 24.1 Å². The molecule has 0 unspecified atom stereocenters. The molecule has 144 valence electrons. The number of aromatic nitrogens is 2. The number of nitrogens with one attached hydrogen (secondary N) is 2. The Bertz CT molecular complexity index is 949. The van der Waals surface area contributed by atoms with Gasteiger partial charge in [-0.2, -0.15) is 0 Å². The Kier molecular flexibility index (Phi) is 5.64. The molecule has 0 atom stereocenters. The van der Waals surface area contributed by atoms with Crippen LogP contribution in [0.5, 0.6) is 0 Å². The van der Waals surface area contributed by atoms with Gasteiger partial charge in [0.05, 0.1) is 25.1 Å². The topological polar surface area (TPSA) is 68.6 Å². The maximum Gasteiger partial charge on any atom is 0.287 e. The van der Waals surface area contributed by atoms with E-state index in [2.05, 4.69) is 51.4 Å². The van der Waals surface area contributed by atoms with E-state index < -0.39 is 0 Å². The number of benzene rings is 1. The zero-order chi connectivity index (χ0) is 19.3. The molecule has 4 rings (SSSR count). The van der Waals surface area contributed by atoms with Crippen molar-refractivity contribution in [3.05, 3.63) is 59.1 Å². The zero-order valence-electron chi connectivity index (χ0n) is 15.8. The van der Waals surface area contributed by atoms with Crippen LogP contribution in [0.25, 0.3) is 11.3 Å². The summed E-state index contributed by atoms with van der Waals surface area (Å²) in [4.78, 5) is 22.8. The third-order valence-corrected chi connectivity index (χ3v) is 5.55. The lowest BCUT2D eigenvalue weighted by molar-refractivity contribution is -0.364. The van der Waals surface area contributed by atoms with Crippen LogP contribution in [0.3, 0.4) is 0 Å². The smallest absolute Gasteiger partial charge is 0.287 e. The van der Waals surface area contributed by atoms with Crippen molar-refractivity contribution in [1.82, 2.24) is 4.98 Å². The minimum absolute atomic E-state index is 0.166. The molecule has 28 heavy (non-hydrogen) atoms. The first-order chi connectivity index (χ1) is 13.7. The predicted molar refractivity (Wildman–Crippen MR) is 111 cm³/mol. The quantitative estimate of drug-likeness (QED) is 0.720. The van der Waals surface area contributed by atoms with Crippen molar-refractivity contribution in [2.45, 2.75) is 13.3 Å². The minimum atomic E-state index is -0.166. The van der Waals surface area contributed by atoms with Crippen molar-refractivity contribution in [3.63, 3.8) is 0 Å². The molecule has 0 aliphatic carbocycles. The van der Waals surface area contributed by atoms with E-state index in [0.717, 1.165) is 36.6 Å². The van der Waals surface area contributed by atoms with E-state index in [9.17, 15) is 4.79 Å².